The second-order valence-corrected chi connectivity index (χ2v) is 6.32. The first-order chi connectivity index (χ1) is 13.0. The molecular formula is C21H22N4O2. The molecule has 0 fully saturated rings. The number of hydrogen-bond donors (Lipinski definition) is 2. The van der Waals surface area contributed by atoms with Gasteiger partial charge in [0, 0.05) is 11.4 Å². The normalized spacial score (nSPS) is 10.4. The Morgan fingerprint density at radius 2 is 1.74 bits per heavy atom. The first-order valence-electron chi connectivity index (χ1n) is 8.60. The van der Waals surface area contributed by atoms with Gasteiger partial charge in [-0.15, -0.1) is 0 Å². The summed E-state index contributed by atoms with van der Waals surface area (Å²) in [5, 5.41) is 6.04. The number of para-hydroxylation sites is 2. The number of rotatable bonds is 5. The molecule has 6 heteroatoms. The van der Waals surface area contributed by atoms with E-state index in [1.54, 1.807) is 25.3 Å². The van der Waals surface area contributed by atoms with Gasteiger partial charge in [-0.25, -0.2) is 9.97 Å². The molecule has 1 amide bonds. The van der Waals surface area contributed by atoms with E-state index in [4.69, 9.17) is 4.74 Å². The number of anilines is 3. The van der Waals surface area contributed by atoms with Gasteiger partial charge >= 0.3 is 0 Å². The highest BCUT2D eigenvalue weighted by atomic mass is 16.5. The minimum absolute atomic E-state index is 0.279. The summed E-state index contributed by atoms with van der Waals surface area (Å²) in [6.07, 6.45) is 0. The predicted molar refractivity (Wildman–Crippen MR) is 107 cm³/mol. The van der Waals surface area contributed by atoms with E-state index in [2.05, 4.69) is 20.6 Å². The van der Waals surface area contributed by atoms with Crippen LogP contribution in [0.1, 0.15) is 27.3 Å². The number of carbonyl (C=O) groups is 1. The molecule has 1 heterocycles. The molecule has 0 saturated carbocycles. The number of carbonyl (C=O) groups excluding carboxylic acids is 1. The van der Waals surface area contributed by atoms with Crippen molar-refractivity contribution < 1.29 is 9.53 Å². The molecule has 0 atom stereocenters. The van der Waals surface area contributed by atoms with Crippen molar-refractivity contribution in [1.82, 2.24) is 9.97 Å². The summed E-state index contributed by atoms with van der Waals surface area (Å²) in [7, 11) is 1.56. The van der Waals surface area contributed by atoms with Crippen molar-refractivity contribution in [1.29, 1.82) is 0 Å². The van der Waals surface area contributed by atoms with E-state index < -0.39 is 0 Å². The highest BCUT2D eigenvalue weighted by Gasteiger charge is 2.13. The van der Waals surface area contributed by atoms with Crippen molar-refractivity contribution in [2.75, 3.05) is 17.7 Å². The predicted octanol–water partition coefficient (Wildman–Crippen LogP) is 4.41. The van der Waals surface area contributed by atoms with E-state index in [-0.39, 0.29) is 11.6 Å². The summed E-state index contributed by atoms with van der Waals surface area (Å²) in [5.74, 6) is 0.647. The monoisotopic (exact) mass is 362 g/mol. The lowest BCUT2D eigenvalue weighted by Gasteiger charge is -2.12. The fourth-order valence-corrected chi connectivity index (χ4v) is 2.67. The Hall–Kier alpha value is -3.41. The van der Waals surface area contributed by atoms with E-state index in [0.717, 1.165) is 16.8 Å². The maximum absolute atomic E-state index is 12.7. The number of amides is 1. The van der Waals surface area contributed by atoms with Gasteiger partial charge in [0.15, 0.2) is 0 Å². The average Bonchev–Trinajstić information content (AvgIpc) is 2.64. The zero-order valence-corrected chi connectivity index (χ0v) is 15.8. The van der Waals surface area contributed by atoms with Crippen LogP contribution in [0.2, 0.25) is 0 Å². The van der Waals surface area contributed by atoms with Gasteiger partial charge in [-0.1, -0.05) is 24.3 Å². The fourth-order valence-electron chi connectivity index (χ4n) is 2.67. The topological polar surface area (TPSA) is 76.1 Å². The molecular weight excluding hydrogens is 340 g/mol. The lowest BCUT2D eigenvalue weighted by molar-refractivity contribution is 0.102. The van der Waals surface area contributed by atoms with Gasteiger partial charge in [-0.05, 0) is 56.2 Å². The number of methoxy groups -OCH3 is 1. The van der Waals surface area contributed by atoms with Gasteiger partial charge in [0.1, 0.15) is 11.4 Å². The summed E-state index contributed by atoms with van der Waals surface area (Å²) >= 11 is 0. The highest BCUT2D eigenvalue weighted by Crippen LogP contribution is 2.24. The molecule has 2 N–H and O–H groups in total. The van der Waals surface area contributed by atoms with Crippen LogP contribution in [0.3, 0.4) is 0 Å². The minimum atomic E-state index is -0.325. The van der Waals surface area contributed by atoms with Crippen molar-refractivity contribution in [3.63, 3.8) is 0 Å². The number of aromatic nitrogens is 2. The maximum atomic E-state index is 12.7. The third kappa shape index (κ3) is 4.41. The van der Waals surface area contributed by atoms with Gasteiger partial charge < -0.3 is 15.4 Å². The lowest BCUT2D eigenvalue weighted by Crippen LogP contribution is -2.16. The standard InChI is InChI=1S/C21H22N4O2/c1-13-9-10-14(2)17(11-13)24-21-22-15(3)12-18(25-21)20(26)23-16-7-5-6-8-19(16)27-4/h5-12H,1-4H3,(H,23,26)(H,22,24,25). The van der Waals surface area contributed by atoms with Crippen LogP contribution >= 0.6 is 0 Å². The molecule has 0 aliphatic rings. The quantitative estimate of drug-likeness (QED) is 0.703. The molecule has 1 aromatic heterocycles. The molecule has 27 heavy (non-hydrogen) atoms. The van der Waals surface area contributed by atoms with Crippen LogP contribution in [0, 0.1) is 20.8 Å². The minimum Gasteiger partial charge on any atom is -0.495 e. The number of nitrogens with zero attached hydrogens (tertiary/aromatic N) is 2. The molecule has 0 bridgehead atoms. The van der Waals surface area contributed by atoms with Crippen molar-refractivity contribution >= 4 is 23.2 Å². The zero-order chi connectivity index (χ0) is 19.4. The summed E-state index contributed by atoms with van der Waals surface area (Å²) in [4.78, 5) is 21.4. The van der Waals surface area contributed by atoms with Crippen LogP contribution in [0.4, 0.5) is 17.3 Å². The van der Waals surface area contributed by atoms with Gasteiger partial charge in [0.25, 0.3) is 5.91 Å². The van der Waals surface area contributed by atoms with Crippen LogP contribution in [0.25, 0.3) is 0 Å². The van der Waals surface area contributed by atoms with Gasteiger partial charge in [-0.2, -0.15) is 0 Å². The first-order valence-corrected chi connectivity index (χ1v) is 8.60. The molecule has 0 aliphatic heterocycles. The van der Waals surface area contributed by atoms with Crippen LogP contribution in [-0.4, -0.2) is 23.0 Å². The molecule has 0 aliphatic carbocycles. The largest absolute Gasteiger partial charge is 0.495 e. The highest BCUT2D eigenvalue weighted by molar-refractivity contribution is 6.03. The number of benzene rings is 2. The molecule has 3 rings (SSSR count). The smallest absolute Gasteiger partial charge is 0.274 e. The second kappa shape index (κ2) is 7.86. The molecule has 0 unspecified atom stereocenters. The maximum Gasteiger partial charge on any atom is 0.274 e. The van der Waals surface area contributed by atoms with Crippen molar-refractivity contribution in [3.05, 3.63) is 71.0 Å². The Labute approximate surface area is 158 Å². The SMILES string of the molecule is COc1ccccc1NC(=O)c1cc(C)nc(Nc2cc(C)ccc2C)n1. The van der Waals surface area contributed by atoms with Gasteiger partial charge in [-0.3, -0.25) is 4.79 Å². The average molecular weight is 362 g/mol. The van der Waals surface area contributed by atoms with Crippen LogP contribution < -0.4 is 15.4 Å². The third-order valence-corrected chi connectivity index (χ3v) is 4.08. The fraction of sp³-hybridized carbons (Fsp3) is 0.190. The first kappa shape index (κ1) is 18.4. The summed E-state index contributed by atoms with van der Waals surface area (Å²) in [6, 6.07) is 15.0. The Morgan fingerprint density at radius 3 is 2.52 bits per heavy atom. The van der Waals surface area contributed by atoms with E-state index in [0.29, 0.717) is 23.1 Å². The molecule has 138 valence electrons. The lowest BCUT2D eigenvalue weighted by atomic mass is 10.1. The Kier molecular flexibility index (Phi) is 5.35. The Morgan fingerprint density at radius 1 is 0.963 bits per heavy atom. The van der Waals surface area contributed by atoms with Crippen molar-refractivity contribution in [3.8, 4) is 5.75 Å². The number of ether oxygens (including phenoxy) is 1. The van der Waals surface area contributed by atoms with Gasteiger partial charge in [0.05, 0.1) is 12.8 Å². The summed E-state index contributed by atoms with van der Waals surface area (Å²) in [5.41, 5.74) is 4.68. The summed E-state index contributed by atoms with van der Waals surface area (Å²) < 4.78 is 5.27. The summed E-state index contributed by atoms with van der Waals surface area (Å²) in [6.45, 7) is 5.86. The van der Waals surface area contributed by atoms with Crippen LogP contribution in [-0.2, 0) is 0 Å². The van der Waals surface area contributed by atoms with Crippen LogP contribution in [0.15, 0.2) is 48.5 Å². The van der Waals surface area contributed by atoms with Crippen molar-refractivity contribution in [2.24, 2.45) is 0 Å². The van der Waals surface area contributed by atoms with Crippen molar-refractivity contribution in [2.45, 2.75) is 20.8 Å². The Balaban J connectivity index is 1.86. The molecule has 0 spiro atoms. The van der Waals surface area contributed by atoms with E-state index in [1.807, 2.05) is 51.1 Å². The number of hydrogen-bond acceptors (Lipinski definition) is 5. The Bertz CT molecular complexity index is 986. The molecule has 3 aromatic rings. The second-order valence-electron chi connectivity index (χ2n) is 6.32. The molecule has 0 radical (unpaired) electrons. The third-order valence-electron chi connectivity index (χ3n) is 4.08. The zero-order valence-electron chi connectivity index (χ0n) is 15.8. The van der Waals surface area contributed by atoms with E-state index in [9.17, 15) is 4.79 Å². The van der Waals surface area contributed by atoms with Crippen LogP contribution in [0.5, 0.6) is 5.75 Å². The van der Waals surface area contributed by atoms with E-state index in [1.165, 1.54) is 0 Å². The van der Waals surface area contributed by atoms with E-state index >= 15 is 0 Å². The molecule has 6 nitrogen and oxygen atoms in total. The van der Waals surface area contributed by atoms with Gasteiger partial charge in [0.2, 0.25) is 5.95 Å². The molecule has 0 saturated heterocycles. The molecule has 2 aromatic carbocycles. The number of nitrogens with one attached hydrogen (secondary N) is 2. The number of aryl methyl sites for hydroxylation is 3.